The van der Waals surface area contributed by atoms with Gasteiger partial charge in [0.2, 0.25) is 0 Å². The zero-order chi connectivity index (χ0) is 45.1. The largest absolute Gasteiger partial charge is 0.462 e. The molecule has 1 aliphatic heterocycles. The molecule has 0 aromatic heterocycles. The van der Waals surface area contributed by atoms with Gasteiger partial charge in [-0.1, -0.05) is 212 Å². The Morgan fingerprint density at radius 1 is 0.484 bits per heavy atom. The molecule has 1 rings (SSSR count). The third-order valence-corrected chi connectivity index (χ3v) is 12.4. The molecule has 10 nitrogen and oxygen atoms in total. The van der Waals surface area contributed by atoms with Crippen LogP contribution in [-0.4, -0.2) is 89.0 Å². The van der Waals surface area contributed by atoms with Crippen LogP contribution >= 0.6 is 0 Å². The van der Waals surface area contributed by atoms with Gasteiger partial charge in [0.15, 0.2) is 12.4 Å². The molecule has 62 heavy (non-hydrogen) atoms. The summed E-state index contributed by atoms with van der Waals surface area (Å²) in [5, 5.41) is 40.2. The molecule has 0 saturated carbocycles. The highest BCUT2D eigenvalue weighted by Crippen LogP contribution is 2.23. The number of unbranched alkanes of at least 4 members (excludes halogenated alkanes) is 32. The smallest absolute Gasteiger partial charge is 0.306 e. The van der Waals surface area contributed by atoms with Crippen molar-refractivity contribution >= 4 is 11.9 Å². The van der Waals surface area contributed by atoms with Crippen molar-refractivity contribution in [2.45, 2.75) is 288 Å². The van der Waals surface area contributed by atoms with Gasteiger partial charge in [-0.2, -0.15) is 0 Å². The van der Waals surface area contributed by atoms with E-state index < -0.39 is 49.4 Å². The second-order valence-corrected chi connectivity index (χ2v) is 18.3. The van der Waals surface area contributed by atoms with Gasteiger partial charge >= 0.3 is 11.9 Å². The molecule has 4 N–H and O–H groups in total. The predicted molar refractivity (Wildman–Crippen MR) is 252 cm³/mol. The van der Waals surface area contributed by atoms with E-state index in [0.29, 0.717) is 6.42 Å². The summed E-state index contributed by atoms with van der Waals surface area (Å²) in [7, 11) is 0. The zero-order valence-corrected chi connectivity index (χ0v) is 40.1. The molecule has 1 fully saturated rings. The highest BCUT2D eigenvalue weighted by molar-refractivity contribution is 5.70. The lowest BCUT2D eigenvalue weighted by Crippen LogP contribution is -2.59. The predicted octanol–water partition coefficient (Wildman–Crippen LogP) is 12.3. The van der Waals surface area contributed by atoms with Crippen LogP contribution in [0.1, 0.15) is 251 Å². The number of aliphatic hydroxyl groups excluding tert-OH is 4. The molecule has 0 aromatic carbocycles. The van der Waals surface area contributed by atoms with E-state index in [1.165, 1.54) is 167 Å². The molecule has 366 valence electrons. The lowest BCUT2D eigenvalue weighted by atomic mass is 9.99. The summed E-state index contributed by atoms with van der Waals surface area (Å²) in [6, 6.07) is 0. The van der Waals surface area contributed by atoms with E-state index in [0.717, 1.165) is 51.4 Å². The molecule has 1 heterocycles. The van der Waals surface area contributed by atoms with E-state index in [9.17, 15) is 30.0 Å². The van der Waals surface area contributed by atoms with Crippen LogP contribution in [0.5, 0.6) is 0 Å². The van der Waals surface area contributed by atoms with Crippen molar-refractivity contribution in [3.63, 3.8) is 0 Å². The Balaban J connectivity index is 2.24. The van der Waals surface area contributed by atoms with Gasteiger partial charge in [0, 0.05) is 12.8 Å². The van der Waals surface area contributed by atoms with Crippen LogP contribution in [0.25, 0.3) is 0 Å². The summed E-state index contributed by atoms with van der Waals surface area (Å²) in [5.41, 5.74) is 0. The number of ether oxygens (including phenoxy) is 4. The molecule has 0 spiro atoms. The van der Waals surface area contributed by atoms with E-state index in [1.54, 1.807) is 0 Å². The van der Waals surface area contributed by atoms with Gasteiger partial charge in [-0.05, 0) is 38.5 Å². The topological polar surface area (TPSA) is 152 Å². The fourth-order valence-electron chi connectivity index (χ4n) is 8.24. The second kappa shape index (κ2) is 43.3. The summed E-state index contributed by atoms with van der Waals surface area (Å²) < 4.78 is 22.3. The molecule has 0 aliphatic carbocycles. The quantitative estimate of drug-likeness (QED) is 0.0264. The molecule has 0 bridgehead atoms. The SMILES string of the molecule is CCCCCCCC/C=C/CCCCCCCCCC(=O)OC[C@H](CO[C@@H]1O[C@H](CO)[C@H](O)C(O)C1O)OC(=O)CCCCCCCCCCCCCCCCCCCCCC. The molecule has 0 radical (unpaired) electrons. The molecule has 6 atom stereocenters. The molecule has 10 heteroatoms. The van der Waals surface area contributed by atoms with Gasteiger partial charge in [0.25, 0.3) is 0 Å². The van der Waals surface area contributed by atoms with Gasteiger partial charge < -0.3 is 39.4 Å². The number of aliphatic hydroxyl groups is 4. The maximum Gasteiger partial charge on any atom is 0.306 e. The van der Waals surface area contributed by atoms with Crippen molar-refractivity contribution in [1.29, 1.82) is 0 Å². The van der Waals surface area contributed by atoms with Crippen molar-refractivity contribution < 1.29 is 49.0 Å². The van der Waals surface area contributed by atoms with Crippen LogP contribution in [0.4, 0.5) is 0 Å². The number of hydrogen-bond donors (Lipinski definition) is 4. The van der Waals surface area contributed by atoms with E-state index in [-0.39, 0.29) is 32.0 Å². The fourth-order valence-corrected chi connectivity index (χ4v) is 8.24. The first-order valence-corrected chi connectivity index (χ1v) is 26.3. The number of allylic oxidation sites excluding steroid dienone is 2. The molecule has 1 aliphatic rings. The Kier molecular flexibility index (Phi) is 40.9. The van der Waals surface area contributed by atoms with Crippen molar-refractivity contribution in [2.75, 3.05) is 19.8 Å². The maximum atomic E-state index is 12.8. The van der Waals surface area contributed by atoms with Gasteiger partial charge in [0.05, 0.1) is 13.2 Å². The monoisotopic (exact) mass is 883 g/mol. The first kappa shape index (κ1) is 58.5. The number of esters is 2. The van der Waals surface area contributed by atoms with Crippen molar-refractivity contribution in [3.8, 4) is 0 Å². The van der Waals surface area contributed by atoms with Gasteiger partial charge in [-0.3, -0.25) is 9.59 Å². The summed E-state index contributed by atoms with van der Waals surface area (Å²) in [5.74, 6) is -0.796. The van der Waals surface area contributed by atoms with Gasteiger partial charge in [-0.25, -0.2) is 0 Å². The Bertz CT molecular complexity index is 1020. The number of carbonyl (C=O) groups excluding carboxylic acids is 2. The standard InChI is InChI=1S/C52H98O10/c1-3-5-7-9-11-13-15-17-19-21-22-23-25-27-29-31-33-35-37-39-41-48(55)61-45(44-60-52-51(58)50(57)49(56)46(42-53)62-52)43-59-47(54)40-38-36-34-32-30-28-26-24-20-18-16-14-12-10-8-6-4-2/h18,20,45-46,49-53,56-58H,3-17,19,21-44H2,1-2H3/b20-18+/t45-,46-,49+,50?,51?,52-/m1/s1. The van der Waals surface area contributed by atoms with Crippen molar-refractivity contribution in [1.82, 2.24) is 0 Å². The second-order valence-electron chi connectivity index (χ2n) is 18.3. The summed E-state index contributed by atoms with van der Waals surface area (Å²) >= 11 is 0. The number of carbonyl (C=O) groups is 2. The Morgan fingerprint density at radius 3 is 1.26 bits per heavy atom. The van der Waals surface area contributed by atoms with E-state index in [4.69, 9.17) is 18.9 Å². The number of rotatable bonds is 45. The van der Waals surface area contributed by atoms with Crippen LogP contribution < -0.4 is 0 Å². The highest BCUT2D eigenvalue weighted by atomic mass is 16.7. The minimum Gasteiger partial charge on any atom is -0.462 e. The van der Waals surface area contributed by atoms with Crippen molar-refractivity contribution in [2.24, 2.45) is 0 Å². The maximum absolute atomic E-state index is 12.8. The minimum absolute atomic E-state index is 0.214. The molecule has 0 aromatic rings. The normalized spacial score (nSPS) is 19.6. The summed E-state index contributed by atoms with van der Waals surface area (Å²) in [6.07, 6.45) is 40.7. The Morgan fingerprint density at radius 2 is 0.855 bits per heavy atom. The van der Waals surface area contributed by atoms with Crippen LogP contribution in [0.2, 0.25) is 0 Å². The molecule has 1 saturated heterocycles. The van der Waals surface area contributed by atoms with Crippen LogP contribution in [0.3, 0.4) is 0 Å². The lowest BCUT2D eigenvalue weighted by molar-refractivity contribution is -0.305. The Hall–Kier alpha value is -1.56. The fraction of sp³-hybridized carbons (Fsp3) is 0.923. The third-order valence-electron chi connectivity index (χ3n) is 12.4. The van der Waals surface area contributed by atoms with Crippen LogP contribution in [0, 0.1) is 0 Å². The van der Waals surface area contributed by atoms with Gasteiger partial charge in [-0.15, -0.1) is 0 Å². The molecular weight excluding hydrogens is 785 g/mol. The molecular formula is C52H98O10. The molecule has 0 amide bonds. The first-order valence-electron chi connectivity index (χ1n) is 26.3. The average Bonchev–Trinajstić information content (AvgIpc) is 3.27. The van der Waals surface area contributed by atoms with Gasteiger partial charge in [0.1, 0.15) is 31.0 Å². The van der Waals surface area contributed by atoms with E-state index >= 15 is 0 Å². The van der Waals surface area contributed by atoms with E-state index in [1.807, 2.05) is 0 Å². The lowest BCUT2D eigenvalue weighted by Gasteiger charge is -2.39. The van der Waals surface area contributed by atoms with E-state index in [2.05, 4.69) is 26.0 Å². The van der Waals surface area contributed by atoms with Crippen molar-refractivity contribution in [3.05, 3.63) is 12.2 Å². The number of hydrogen-bond acceptors (Lipinski definition) is 10. The zero-order valence-electron chi connectivity index (χ0n) is 40.1. The molecule has 2 unspecified atom stereocenters. The first-order chi connectivity index (χ1) is 30.3. The van der Waals surface area contributed by atoms with Crippen LogP contribution in [-0.2, 0) is 28.5 Å². The van der Waals surface area contributed by atoms with Crippen LogP contribution in [0.15, 0.2) is 12.2 Å². The summed E-state index contributed by atoms with van der Waals surface area (Å²) in [6.45, 7) is 3.46. The average molecular weight is 883 g/mol. The Labute approximate surface area is 380 Å². The third kappa shape index (κ3) is 33.9. The highest BCUT2D eigenvalue weighted by Gasteiger charge is 2.44. The summed E-state index contributed by atoms with van der Waals surface area (Å²) in [4.78, 5) is 25.5. The minimum atomic E-state index is -1.59.